The third kappa shape index (κ3) is 3.72. The van der Waals surface area contributed by atoms with Crippen LogP contribution >= 0.6 is 0 Å². The molecule has 0 radical (unpaired) electrons. The minimum Gasteiger partial charge on any atom is -0.392 e. The van der Waals surface area contributed by atoms with E-state index in [1.54, 1.807) is 6.20 Å². The van der Waals surface area contributed by atoms with Gasteiger partial charge in [-0.15, -0.1) is 0 Å². The van der Waals surface area contributed by atoms with Crippen LogP contribution in [0.2, 0.25) is 0 Å². The highest BCUT2D eigenvalue weighted by atomic mass is 16.3. The summed E-state index contributed by atoms with van der Waals surface area (Å²) in [5.74, 6) is 0.691. The molecule has 0 spiro atoms. The van der Waals surface area contributed by atoms with Gasteiger partial charge in [0, 0.05) is 24.3 Å². The van der Waals surface area contributed by atoms with Crippen LogP contribution in [0.1, 0.15) is 31.4 Å². The summed E-state index contributed by atoms with van der Waals surface area (Å²) < 4.78 is 0. The molecule has 4 heteroatoms. The van der Waals surface area contributed by atoms with Gasteiger partial charge in [0.25, 0.3) is 0 Å². The first-order valence-electron chi connectivity index (χ1n) is 6.78. The number of aromatic nitrogens is 2. The van der Waals surface area contributed by atoms with Gasteiger partial charge in [0.2, 0.25) is 0 Å². The van der Waals surface area contributed by atoms with Crippen molar-refractivity contribution in [3.63, 3.8) is 0 Å². The monoisotopic (exact) mass is 259 g/mol. The molecule has 2 N–H and O–H groups in total. The fourth-order valence-electron chi connectivity index (χ4n) is 1.91. The predicted octanol–water partition coefficient (Wildman–Crippen LogP) is 2.26. The molecule has 1 atom stereocenters. The minimum atomic E-state index is 0.0133. The zero-order valence-corrected chi connectivity index (χ0v) is 11.6. The van der Waals surface area contributed by atoms with Gasteiger partial charge in [0.1, 0.15) is 0 Å². The lowest BCUT2D eigenvalue weighted by atomic mass is 10.1. The van der Waals surface area contributed by atoms with Gasteiger partial charge in [0.05, 0.1) is 6.61 Å². The molecule has 2 aromatic heterocycles. The Bertz CT molecular complexity index is 542. The van der Waals surface area contributed by atoms with Crippen LogP contribution in [-0.2, 0) is 13.2 Å². The molecule has 0 aliphatic rings. The lowest BCUT2D eigenvalue weighted by Crippen LogP contribution is -2.20. The van der Waals surface area contributed by atoms with Crippen molar-refractivity contribution < 1.29 is 5.11 Å². The molecule has 0 saturated carbocycles. The van der Waals surface area contributed by atoms with E-state index in [1.807, 2.05) is 12.3 Å². The fourth-order valence-corrected chi connectivity index (χ4v) is 1.91. The maximum Gasteiger partial charge on any atom is 0.159 e. The van der Waals surface area contributed by atoms with Crippen LogP contribution in [0.25, 0.3) is 11.0 Å². The number of fused-ring (bicyclic) bond motifs is 1. The third-order valence-electron chi connectivity index (χ3n) is 3.35. The van der Waals surface area contributed by atoms with Crippen LogP contribution in [-0.4, -0.2) is 21.6 Å². The topological polar surface area (TPSA) is 58.0 Å². The quantitative estimate of drug-likeness (QED) is 0.835. The fraction of sp³-hybridized carbons (Fsp3) is 0.467. The zero-order valence-electron chi connectivity index (χ0n) is 11.6. The number of pyridine rings is 2. The predicted molar refractivity (Wildman–Crippen MR) is 76.6 cm³/mol. The van der Waals surface area contributed by atoms with E-state index >= 15 is 0 Å². The molecule has 2 rings (SSSR count). The average molecular weight is 259 g/mol. The molecular formula is C15H21N3O. The molecular weight excluding hydrogens is 238 g/mol. The van der Waals surface area contributed by atoms with E-state index in [0.717, 1.165) is 35.2 Å². The summed E-state index contributed by atoms with van der Waals surface area (Å²) in [5.41, 5.74) is 2.69. The number of hydrogen-bond acceptors (Lipinski definition) is 4. The molecule has 102 valence electrons. The highest BCUT2D eigenvalue weighted by Crippen LogP contribution is 2.13. The Balaban J connectivity index is 2.07. The Morgan fingerprint density at radius 2 is 1.89 bits per heavy atom. The van der Waals surface area contributed by atoms with Crippen molar-refractivity contribution in [2.45, 2.75) is 33.4 Å². The lowest BCUT2D eigenvalue weighted by Gasteiger charge is -2.10. The Morgan fingerprint density at radius 1 is 1.21 bits per heavy atom. The normalized spacial score (nSPS) is 12.8. The molecule has 19 heavy (non-hydrogen) atoms. The maximum absolute atomic E-state index is 9.12. The van der Waals surface area contributed by atoms with Crippen LogP contribution in [0.5, 0.6) is 0 Å². The first kappa shape index (κ1) is 13.9. The van der Waals surface area contributed by atoms with Gasteiger partial charge in [-0.1, -0.05) is 20.3 Å². The molecule has 2 aromatic rings. The largest absolute Gasteiger partial charge is 0.392 e. The summed E-state index contributed by atoms with van der Waals surface area (Å²) in [6, 6.07) is 4.02. The highest BCUT2D eigenvalue weighted by Gasteiger charge is 2.02. The summed E-state index contributed by atoms with van der Waals surface area (Å²) in [4.78, 5) is 8.57. The number of hydrogen-bond donors (Lipinski definition) is 2. The van der Waals surface area contributed by atoms with Gasteiger partial charge < -0.3 is 10.4 Å². The second kappa shape index (κ2) is 6.59. The summed E-state index contributed by atoms with van der Waals surface area (Å²) in [6.45, 7) is 6.29. The van der Waals surface area contributed by atoms with Crippen molar-refractivity contribution in [3.8, 4) is 0 Å². The van der Waals surface area contributed by atoms with Crippen molar-refractivity contribution in [1.29, 1.82) is 0 Å². The van der Waals surface area contributed by atoms with Crippen LogP contribution in [0.4, 0.5) is 0 Å². The van der Waals surface area contributed by atoms with E-state index in [1.165, 1.54) is 6.42 Å². The smallest absolute Gasteiger partial charge is 0.159 e. The molecule has 0 saturated heterocycles. The number of aliphatic hydroxyl groups excluding tert-OH is 1. The Hall–Kier alpha value is -1.52. The minimum absolute atomic E-state index is 0.0133. The van der Waals surface area contributed by atoms with E-state index in [0.29, 0.717) is 5.92 Å². The van der Waals surface area contributed by atoms with Gasteiger partial charge in [-0.2, -0.15) is 0 Å². The second-order valence-electron chi connectivity index (χ2n) is 5.04. The molecule has 0 amide bonds. The summed E-state index contributed by atoms with van der Waals surface area (Å²) in [6.07, 6.45) is 4.71. The van der Waals surface area contributed by atoms with E-state index < -0.39 is 0 Å². The number of nitrogens with zero attached hydrogens (tertiary/aromatic N) is 2. The molecule has 0 aliphatic heterocycles. The molecule has 0 bridgehead atoms. The van der Waals surface area contributed by atoms with E-state index in [9.17, 15) is 0 Å². The zero-order chi connectivity index (χ0) is 13.7. The van der Waals surface area contributed by atoms with Crippen LogP contribution in [0.3, 0.4) is 0 Å². The molecule has 0 aromatic carbocycles. The lowest BCUT2D eigenvalue weighted by molar-refractivity contribution is 0.281. The summed E-state index contributed by atoms with van der Waals surface area (Å²) in [7, 11) is 0. The first-order chi connectivity index (χ1) is 9.22. The highest BCUT2D eigenvalue weighted by molar-refractivity contribution is 5.75. The van der Waals surface area contributed by atoms with E-state index in [2.05, 4.69) is 35.2 Å². The van der Waals surface area contributed by atoms with Gasteiger partial charge in [-0.3, -0.25) is 0 Å². The van der Waals surface area contributed by atoms with Crippen molar-refractivity contribution in [2.75, 3.05) is 6.54 Å². The van der Waals surface area contributed by atoms with E-state index in [-0.39, 0.29) is 6.61 Å². The van der Waals surface area contributed by atoms with Crippen molar-refractivity contribution in [2.24, 2.45) is 5.92 Å². The van der Waals surface area contributed by atoms with Gasteiger partial charge in [0.15, 0.2) is 5.65 Å². The summed E-state index contributed by atoms with van der Waals surface area (Å²) in [5, 5.41) is 13.5. The molecule has 0 fully saturated rings. The van der Waals surface area contributed by atoms with Crippen molar-refractivity contribution >= 4 is 11.0 Å². The Labute approximate surface area is 113 Å². The SMILES string of the molecule is CCC(C)CNCc1cnc2ncc(CO)cc2c1. The standard InChI is InChI=1S/C15H21N3O/c1-3-11(2)6-16-7-12-4-14-5-13(10-19)9-18-15(14)17-8-12/h4-5,8-9,11,16,19H,3,6-7,10H2,1-2H3. The molecule has 0 aliphatic carbocycles. The maximum atomic E-state index is 9.12. The Kier molecular flexibility index (Phi) is 4.82. The van der Waals surface area contributed by atoms with Crippen LogP contribution in [0.15, 0.2) is 24.5 Å². The molecule has 4 nitrogen and oxygen atoms in total. The number of rotatable bonds is 6. The average Bonchev–Trinajstić information content (AvgIpc) is 2.46. The van der Waals surface area contributed by atoms with Crippen LogP contribution < -0.4 is 5.32 Å². The number of aliphatic hydroxyl groups is 1. The Morgan fingerprint density at radius 3 is 2.58 bits per heavy atom. The van der Waals surface area contributed by atoms with Gasteiger partial charge in [-0.05, 0) is 35.7 Å². The van der Waals surface area contributed by atoms with Crippen LogP contribution in [0, 0.1) is 5.92 Å². The first-order valence-corrected chi connectivity index (χ1v) is 6.78. The summed E-state index contributed by atoms with van der Waals surface area (Å²) >= 11 is 0. The third-order valence-corrected chi connectivity index (χ3v) is 3.35. The molecule has 2 heterocycles. The second-order valence-corrected chi connectivity index (χ2v) is 5.04. The van der Waals surface area contributed by atoms with Gasteiger partial charge >= 0.3 is 0 Å². The molecule has 1 unspecified atom stereocenters. The number of nitrogens with one attached hydrogen (secondary N) is 1. The van der Waals surface area contributed by atoms with Crippen molar-refractivity contribution in [1.82, 2.24) is 15.3 Å². The van der Waals surface area contributed by atoms with E-state index in [4.69, 9.17) is 5.11 Å². The van der Waals surface area contributed by atoms with Crippen molar-refractivity contribution in [3.05, 3.63) is 35.7 Å². The van der Waals surface area contributed by atoms with Gasteiger partial charge in [-0.25, -0.2) is 9.97 Å².